The standard InChI is InChI=1S/C19H24N4O.HI/c20-19(22-16-9-5-2-6-10-16)21-12-17-11-18(24)14-23(17)13-15-7-3-1-4-8-15;/h1-10,17-18,24H,11-14H2,(H3,20,21,22);1H. The van der Waals surface area contributed by atoms with Gasteiger partial charge in [-0.3, -0.25) is 9.89 Å². The SMILES string of the molecule is I.NC(=NCC1CC(O)CN1Cc1ccccc1)Nc1ccccc1. The minimum absolute atomic E-state index is 0. The van der Waals surface area contributed by atoms with E-state index in [1.807, 2.05) is 48.5 Å². The van der Waals surface area contributed by atoms with Crippen molar-refractivity contribution in [3.63, 3.8) is 0 Å². The number of benzene rings is 2. The number of guanidine groups is 1. The highest BCUT2D eigenvalue weighted by Gasteiger charge is 2.30. The van der Waals surface area contributed by atoms with Gasteiger partial charge in [0.05, 0.1) is 12.6 Å². The Balaban J connectivity index is 0.00000225. The molecule has 0 radical (unpaired) electrons. The molecule has 0 amide bonds. The molecule has 0 saturated carbocycles. The Morgan fingerprint density at radius 1 is 1.12 bits per heavy atom. The van der Waals surface area contributed by atoms with Gasteiger partial charge in [-0.1, -0.05) is 48.5 Å². The summed E-state index contributed by atoms with van der Waals surface area (Å²) >= 11 is 0. The number of hydrogen-bond acceptors (Lipinski definition) is 3. The van der Waals surface area contributed by atoms with Crippen LogP contribution in [0.25, 0.3) is 0 Å². The molecule has 0 bridgehead atoms. The molecule has 6 heteroatoms. The first-order valence-corrected chi connectivity index (χ1v) is 8.29. The van der Waals surface area contributed by atoms with Crippen molar-refractivity contribution in [3.05, 3.63) is 66.2 Å². The van der Waals surface area contributed by atoms with E-state index in [0.29, 0.717) is 19.0 Å². The van der Waals surface area contributed by atoms with E-state index in [1.54, 1.807) is 0 Å². The van der Waals surface area contributed by atoms with Gasteiger partial charge in [0.25, 0.3) is 0 Å². The van der Waals surface area contributed by atoms with Crippen molar-refractivity contribution >= 4 is 35.6 Å². The van der Waals surface area contributed by atoms with Crippen molar-refractivity contribution in [2.75, 3.05) is 18.4 Å². The van der Waals surface area contributed by atoms with Gasteiger partial charge in [-0.05, 0) is 24.1 Å². The lowest BCUT2D eigenvalue weighted by Gasteiger charge is -2.23. The second-order valence-corrected chi connectivity index (χ2v) is 6.18. The van der Waals surface area contributed by atoms with Crippen LogP contribution in [0.1, 0.15) is 12.0 Å². The Labute approximate surface area is 166 Å². The van der Waals surface area contributed by atoms with E-state index in [2.05, 4.69) is 27.3 Å². The molecule has 2 aromatic rings. The number of anilines is 1. The Morgan fingerprint density at radius 2 is 1.76 bits per heavy atom. The van der Waals surface area contributed by atoms with Gasteiger partial charge >= 0.3 is 0 Å². The maximum Gasteiger partial charge on any atom is 0.193 e. The molecule has 2 atom stereocenters. The number of likely N-dealkylation sites (tertiary alicyclic amines) is 1. The molecule has 4 N–H and O–H groups in total. The average molecular weight is 452 g/mol. The number of β-amino-alcohol motifs (C(OH)–C–C–N with tert-alkyl or cyclic N) is 1. The van der Waals surface area contributed by atoms with Gasteiger partial charge in [-0.15, -0.1) is 24.0 Å². The molecular weight excluding hydrogens is 427 g/mol. The number of nitrogens with zero attached hydrogens (tertiary/aromatic N) is 2. The lowest BCUT2D eigenvalue weighted by atomic mass is 10.2. The topological polar surface area (TPSA) is 73.9 Å². The number of aliphatic hydroxyl groups is 1. The fourth-order valence-corrected chi connectivity index (χ4v) is 3.07. The summed E-state index contributed by atoms with van der Waals surface area (Å²) in [6.45, 7) is 2.08. The number of para-hydroxylation sites is 1. The van der Waals surface area contributed by atoms with Crippen LogP contribution in [0.15, 0.2) is 65.7 Å². The van der Waals surface area contributed by atoms with Crippen LogP contribution in [-0.2, 0) is 6.54 Å². The Morgan fingerprint density at radius 3 is 2.44 bits per heavy atom. The molecule has 2 aromatic carbocycles. The summed E-state index contributed by atoms with van der Waals surface area (Å²) in [5.41, 5.74) is 8.14. The predicted octanol–water partition coefficient (Wildman–Crippen LogP) is 2.67. The van der Waals surface area contributed by atoms with E-state index in [4.69, 9.17) is 5.73 Å². The molecule has 0 aromatic heterocycles. The molecule has 1 heterocycles. The van der Waals surface area contributed by atoms with Gasteiger partial charge in [-0.2, -0.15) is 0 Å². The molecule has 25 heavy (non-hydrogen) atoms. The van der Waals surface area contributed by atoms with Crippen LogP contribution >= 0.6 is 24.0 Å². The summed E-state index contributed by atoms with van der Waals surface area (Å²) in [5.74, 6) is 0.405. The summed E-state index contributed by atoms with van der Waals surface area (Å²) in [5, 5.41) is 13.1. The molecule has 0 spiro atoms. The first-order chi connectivity index (χ1) is 11.7. The number of nitrogens with two attached hydrogens (primary N) is 1. The zero-order chi connectivity index (χ0) is 16.8. The van der Waals surface area contributed by atoms with Gasteiger partial charge < -0.3 is 16.2 Å². The van der Waals surface area contributed by atoms with Gasteiger partial charge in [-0.25, -0.2) is 0 Å². The Kier molecular flexibility index (Phi) is 7.67. The largest absolute Gasteiger partial charge is 0.392 e. The zero-order valence-corrected chi connectivity index (χ0v) is 16.4. The van der Waals surface area contributed by atoms with Crippen LogP contribution in [-0.4, -0.2) is 41.2 Å². The monoisotopic (exact) mass is 452 g/mol. The normalized spacial score (nSPS) is 20.9. The molecule has 134 valence electrons. The van der Waals surface area contributed by atoms with Crippen LogP contribution in [0.4, 0.5) is 5.69 Å². The summed E-state index contributed by atoms with van der Waals surface area (Å²) in [6.07, 6.45) is 0.437. The van der Waals surface area contributed by atoms with Gasteiger partial charge in [0.15, 0.2) is 5.96 Å². The van der Waals surface area contributed by atoms with E-state index in [-0.39, 0.29) is 36.1 Å². The van der Waals surface area contributed by atoms with Crippen molar-refractivity contribution in [3.8, 4) is 0 Å². The van der Waals surface area contributed by atoms with E-state index in [9.17, 15) is 5.11 Å². The van der Waals surface area contributed by atoms with Crippen LogP contribution in [0.2, 0.25) is 0 Å². The smallest absolute Gasteiger partial charge is 0.193 e. The summed E-state index contributed by atoms with van der Waals surface area (Å²) in [4.78, 5) is 6.74. The van der Waals surface area contributed by atoms with Crippen molar-refractivity contribution < 1.29 is 5.11 Å². The molecular formula is C19H25IN4O. The maximum atomic E-state index is 10.0. The van der Waals surface area contributed by atoms with Gasteiger partial charge in [0, 0.05) is 24.8 Å². The second-order valence-electron chi connectivity index (χ2n) is 6.18. The number of nitrogens with one attached hydrogen (secondary N) is 1. The summed E-state index contributed by atoms with van der Waals surface area (Å²) in [6, 6.07) is 20.3. The minimum atomic E-state index is -0.294. The van der Waals surface area contributed by atoms with Crippen LogP contribution in [0.5, 0.6) is 0 Å². The first-order valence-electron chi connectivity index (χ1n) is 8.29. The molecule has 5 nitrogen and oxygen atoms in total. The molecule has 0 aliphatic carbocycles. The van der Waals surface area contributed by atoms with Crippen LogP contribution in [0, 0.1) is 0 Å². The maximum absolute atomic E-state index is 10.0. The Hall–Kier alpha value is -1.64. The van der Waals surface area contributed by atoms with Crippen molar-refractivity contribution in [2.24, 2.45) is 10.7 Å². The predicted molar refractivity (Wildman–Crippen MR) is 113 cm³/mol. The molecule has 1 fully saturated rings. The number of aliphatic hydroxyl groups excluding tert-OH is 1. The van der Waals surface area contributed by atoms with E-state index in [1.165, 1.54) is 5.56 Å². The van der Waals surface area contributed by atoms with E-state index < -0.39 is 0 Å². The number of halogens is 1. The highest BCUT2D eigenvalue weighted by molar-refractivity contribution is 14.0. The van der Waals surface area contributed by atoms with Crippen molar-refractivity contribution in [1.29, 1.82) is 0 Å². The van der Waals surface area contributed by atoms with Crippen molar-refractivity contribution in [2.45, 2.75) is 25.1 Å². The summed E-state index contributed by atoms with van der Waals surface area (Å²) < 4.78 is 0. The number of rotatable bonds is 5. The van der Waals surface area contributed by atoms with E-state index >= 15 is 0 Å². The highest BCUT2D eigenvalue weighted by Crippen LogP contribution is 2.21. The third kappa shape index (κ3) is 5.98. The molecule has 1 saturated heterocycles. The number of hydrogen-bond donors (Lipinski definition) is 3. The minimum Gasteiger partial charge on any atom is -0.392 e. The van der Waals surface area contributed by atoms with Crippen molar-refractivity contribution in [1.82, 2.24) is 4.90 Å². The molecule has 1 aliphatic heterocycles. The quantitative estimate of drug-likeness (QED) is 0.371. The molecule has 2 unspecified atom stereocenters. The summed E-state index contributed by atoms with van der Waals surface area (Å²) in [7, 11) is 0. The highest BCUT2D eigenvalue weighted by atomic mass is 127. The zero-order valence-electron chi connectivity index (χ0n) is 14.1. The second kappa shape index (κ2) is 9.74. The van der Waals surface area contributed by atoms with Gasteiger partial charge in [0.2, 0.25) is 0 Å². The lowest BCUT2D eigenvalue weighted by Crippen LogP contribution is -2.33. The molecule has 1 aliphatic rings. The van der Waals surface area contributed by atoms with Crippen LogP contribution in [0.3, 0.4) is 0 Å². The van der Waals surface area contributed by atoms with Gasteiger partial charge in [0.1, 0.15) is 0 Å². The third-order valence-electron chi connectivity index (χ3n) is 4.25. The number of aliphatic imine (C=N–C) groups is 1. The fourth-order valence-electron chi connectivity index (χ4n) is 3.07. The Bertz CT molecular complexity index is 666. The first kappa shape index (κ1) is 19.7. The lowest BCUT2D eigenvalue weighted by molar-refractivity contribution is 0.173. The van der Waals surface area contributed by atoms with E-state index in [0.717, 1.165) is 18.7 Å². The third-order valence-corrected chi connectivity index (χ3v) is 4.25. The molecule has 3 rings (SSSR count). The average Bonchev–Trinajstić information content (AvgIpc) is 2.94. The van der Waals surface area contributed by atoms with Crippen LogP contribution < -0.4 is 11.1 Å². The fraction of sp³-hybridized carbons (Fsp3) is 0.316.